The Balaban J connectivity index is 1.36. The van der Waals surface area contributed by atoms with Gasteiger partial charge in [0.2, 0.25) is 5.95 Å². The van der Waals surface area contributed by atoms with Gasteiger partial charge in [0, 0.05) is 45.1 Å². The summed E-state index contributed by atoms with van der Waals surface area (Å²) in [5, 5.41) is 6.86. The van der Waals surface area contributed by atoms with Gasteiger partial charge in [-0.2, -0.15) is 10.1 Å². The molecule has 7 heteroatoms. The number of nitrogens with one attached hydrogen (secondary N) is 1. The van der Waals surface area contributed by atoms with E-state index >= 15 is 0 Å². The average Bonchev–Trinajstić information content (AvgIpc) is 3.29. The highest BCUT2D eigenvalue weighted by Gasteiger charge is 2.20. The van der Waals surface area contributed by atoms with Gasteiger partial charge in [0.25, 0.3) is 0 Å². The van der Waals surface area contributed by atoms with Gasteiger partial charge in [0.15, 0.2) is 0 Å². The molecule has 3 heterocycles. The van der Waals surface area contributed by atoms with Crippen LogP contribution in [0.2, 0.25) is 0 Å². The topological polar surface area (TPSA) is 65.9 Å². The minimum atomic E-state index is 0.861. The molecule has 0 bridgehead atoms. The van der Waals surface area contributed by atoms with Gasteiger partial charge in [0.1, 0.15) is 12.2 Å². The van der Waals surface area contributed by atoms with Gasteiger partial charge < -0.3 is 9.47 Å². The van der Waals surface area contributed by atoms with Crippen molar-refractivity contribution in [3.8, 4) is 0 Å². The van der Waals surface area contributed by atoms with E-state index in [9.17, 15) is 0 Å². The van der Waals surface area contributed by atoms with Crippen LogP contribution in [0.15, 0.2) is 49.1 Å². The minimum absolute atomic E-state index is 0.861. The lowest BCUT2D eigenvalue weighted by Crippen LogP contribution is -2.46. The molecule has 1 fully saturated rings. The molecule has 0 saturated carbocycles. The molecule has 124 valence electrons. The zero-order valence-electron chi connectivity index (χ0n) is 13.5. The average molecular weight is 323 g/mol. The Morgan fingerprint density at radius 1 is 0.958 bits per heavy atom. The van der Waals surface area contributed by atoms with Crippen LogP contribution in [0.1, 0.15) is 11.4 Å². The summed E-state index contributed by atoms with van der Waals surface area (Å²) in [6, 6.07) is 10.5. The van der Waals surface area contributed by atoms with Crippen LogP contribution in [-0.2, 0) is 13.1 Å². The van der Waals surface area contributed by atoms with Gasteiger partial charge in [-0.05, 0) is 5.56 Å². The van der Waals surface area contributed by atoms with Gasteiger partial charge in [-0.1, -0.05) is 30.3 Å². The standard InChI is InChI=1S/C17H21N7/c1-2-4-15(5-3-1)12-24-7-6-18-16(24)13-22-8-10-23(11-9-22)17-19-14-20-21-17/h1-7,14H,8-13H2,(H,19,20,21). The van der Waals surface area contributed by atoms with Crippen molar-refractivity contribution in [3.05, 3.63) is 60.4 Å². The molecular formula is C17H21N7. The van der Waals surface area contributed by atoms with E-state index in [0.29, 0.717) is 0 Å². The molecule has 1 aromatic carbocycles. The van der Waals surface area contributed by atoms with Gasteiger partial charge in [-0.3, -0.25) is 4.90 Å². The van der Waals surface area contributed by atoms with Crippen LogP contribution in [0.5, 0.6) is 0 Å². The fourth-order valence-corrected chi connectivity index (χ4v) is 3.08. The molecule has 24 heavy (non-hydrogen) atoms. The van der Waals surface area contributed by atoms with Crippen molar-refractivity contribution in [2.24, 2.45) is 0 Å². The summed E-state index contributed by atoms with van der Waals surface area (Å²) in [6.45, 7) is 5.65. The van der Waals surface area contributed by atoms with E-state index in [1.54, 1.807) is 6.33 Å². The first kappa shape index (κ1) is 14.9. The zero-order valence-corrected chi connectivity index (χ0v) is 13.5. The number of nitrogens with zero attached hydrogens (tertiary/aromatic N) is 6. The van der Waals surface area contributed by atoms with Crippen LogP contribution < -0.4 is 4.90 Å². The van der Waals surface area contributed by atoms with E-state index in [2.05, 4.69) is 65.0 Å². The smallest absolute Gasteiger partial charge is 0.221 e. The first-order valence-corrected chi connectivity index (χ1v) is 8.25. The molecule has 2 aromatic heterocycles. The number of benzene rings is 1. The minimum Gasteiger partial charge on any atom is -0.339 e. The SMILES string of the molecule is c1ccc(Cn2ccnc2CN2CCN(c3ncn[nH]3)CC2)cc1. The van der Waals surface area contributed by atoms with Crippen molar-refractivity contribution < 1.29 is 0 Å². The van der Waals surface area contributed by atoms with Crippen LogP contribution >= 0.6 is 0 Å². The molecule has 0 amide bonds. The highest BCUT2D eigenvalue weighted by atomic mass is 15.4. The number of imidazole rings is 1. The number of piperazine rings is 1. The Morgan fingerprint density at radius 3 is 2.54 bits per heavy atom. The quantitative estimate of drug-likeness (QED) is 0.768. The van der Waals surface area contributed by atoms with Crippen molar-refractivity contribution in [2.45, 2.75) is 13.1 Å². The number of anilines is 1. The Kier molecular flexibility index (Phi) is 4.24. The molecule has 4 rings (SSSR count). The highest BCUT2D eigenvalue weighted by molar-refractivity contribution is 5.28. The zero-order chi connectivity index (χ0) is 16.2. The van der Waals surface area contributed by atoms with Crippen molar-refractivity contribution in [2.75, 3.05) is 31.1 Å². The normalized spacial score (nSPS) is 15.8. The van der Waals surface area contributed by atoms with E-state index in [-0.39, 0.29) is 0 Å². The van der Waals surface area contributed by atoms with Crippen LogP contribution in [0.3, 0.4) is 0 Å². The molecule has 0 aliphatic carbocycles. The van der Waals surface area contributed by atoms with Gasteiger partial charge in [0.05, 0.1) is 6.54 Å². The van der Waals surface area contributed by atoms with Crippen LogP contribution in [0.25, 0.3) is 0 Å². The predicted molar refractivity (Wildman–Crippen MR) is 91.6 cm³/mol. The second kappa shape index (κ2) is 6.84. The summed E-state index contributed by atoms with van der Waals surface area (Å²) < 4.78 is 2.23. The third-order valence-electron chi connectivity index (χ3n) is 4.44. The maximum Gasteiger partial charge on any atom is 0.221 e. The Hall–Kier alpha value is -2.67. The summed E-state index contributed by atoms with van der Waals surface area (Å²) in [4.78, 5) is 13.5. The molecule has 0 spiro atoms. The number of hydrogen-bond acceptors (Lipinski definition) is 5. The molecule has 0 atom stereocenters. The third kappa shape index (κ3) is 3.30. The van der Waals surface area contributed by atoms with Crippen LogP contribution in [0, 0.1) is 0 Å². The number of H-pyrrole nitrogens is 1. The molecule has 7 nitrogen and oxygen atoms in total. The van der Waals surface area contributed by atoms with E-state index in [1.807, 2.05) is 12.3 Å². The van der Waals surface area contributed by atoms with Crippen LogP contribution in [0.4, 0.5) is 5.95 Å². The summed E-state index contributed by atoms with van der Waals surface area (Å²) in [5.74, 6) is 1.98. The Morgan fingerprint density at radius 2 is 1.79 bits per heavy atom. The molecule has 1 N–H and O–H groups in total. The number of rotatable bonds is 5. The van der Waals surface area contributed by atoms with E-state index in [0.717, 1.165) is 51.0 Å². The predicted octanol–water partition coefficient (Wildman–Crippen LogP) is 1.37. The van der Waals surface area contributed by atoms with Gasteiger partial charge in [-0.25, -0.2) is 10.1 Å². The molecule has 0 unspecified atom stereocenters. The Labute approximate surface area is 141 Å². The lowest BCUT2D eigenvalue weighted by Gasteiger charge is -2.34. The van der Waals surface area contributed by atoms with Gasteiger partial charge in [-0.15, -0.1) is 0 Å². The number of aromatic nitrogens is 5. The highest BCUT2D eigenvalue weighted by Crippen LogP contribution is 2.12. The van der Waals surface area contributed by atoms with Crippen molar-refractivity contribution in [1.29, 1.82) is 0 Å². The summed E-state index contributed by atoms with van der Waals surface area (Å²) in [5.41, 5.74) is 1.30. The molecule has 1 saturated heterocycles. The lowest BCUT2D eigenvalue weighted by atomic mass is 10.2. The summed E-state index contributed by atoms with van der Waals surface area (Å²) >= 11 is 0. The molecule has 0 radical (unpaired) electrons. The molecule has 3 aromatic rings. The summed E-state index contributed by atoms with van der Waals surface area (Å²) in [6.07, 6.45) is 5.51. The van der Waals surface area contributed by atoms with Crippen LogP contribution in [-0.4, -0.2) is 55.8 Å². The van der Waals surface area contributed by atoms with Crippen molar-refractivity contribution in [3.63, 3.8) is 0 Å². The van der Waals surface area contributed by atoms with Crippen molar-refractivity contribution >= 4 is 5.95 Å². The first-order chi connectivity index (χ1) is 11.9. The Bertz CT molecular complexity index is 742. The maximum absolute atomic E-state index is 4.55. The third-order valence-corrected chi connectivity index (χ3v) is 4.44. The number of hydrogen-bond donors (Lipinski definition) is 1. The fraction of sp³-hybridized carbons (Fsp3) is 0.353. The fourth-order valence-electron chi connectivity index (χ4n) is 3.08. The van der Waals surface area contributed by atoms with E-state index in [1.165, 1.54) is 5.56 Å². The molecule has 1 aliphatic rings. The first-order valence-electron chi connectivity index (χ1n) is 8.25. The largest absolute Gasteiger partial charge is 0.339 e. The second-order valence-corrected chi connectivity index (χ2v) is 6.03. The lowest BCUT2D eigenvalue weighted by molar-refractivity contribution is 0.240. The molecular weight excluding hydrogens is 302 g/mol. The maximum atomic E-state index is 4.55. The van der Waals surface area contributed by atoms with E-state index < -0.39 is 0 Å². The monoisotopic (exact) mass is 323 g/mol. The van der Waals surface area contributed by atoms with Crippen molar-refractivity contribution in [1.82, 2.24) is 29.6 Å². The molecule has 1 aliphatic heterocycles. The van der Waals surface area contributed by atoms with Gasteiger partial charge >= 0.3 is 0 Å². The second-order valence-electron chi connectivity index (χ2n) is 6.03. The van der Waals surface area contributed by atoms with E-state index in [4.69, 9.17) is 0 Å². The number of aromatic amines is 1. The summed E-state index contributed by atoms with van der Waals surface area (Å²) in [7, 11) is 0.